The molecule has 0 aromatic heterocycles. The van der Waals surface area contributed by atoms with Gasteiger partial charge in [-0.3, -0.25) is 14.4 Å². The van der Waals surface area contributed by atoms with Crippen molar-refractivity contribution < 1.29 is 19.5 Å². The molecule has 3 amide bonds. The number of carbonyl (C=O) groups excluding carboxylic acids is 3. The second kappa shape index (κ2) is 12.9. The van der Waals surface area contributed by atoms with Gasteiger partial charge >= 0.3 is 0 Å². The lowest BCUT2D eigenvalue weighted by atomic mass is 9.96. The minimum Gasteiger partial charge on any atom is -0.381 e. The number of carbonyl (C=O) groups is 3. The number of halogens is 1. The standard InChI is InChI=1S/C31H34ClN3O4S/c1-20-11-7-8-14-22(20)18-33-29(38)27-31(2,3)40-19-35(27)30(39)26(36)25(17-21-12-5-4-6-13-21)34-28(37)23-15-9-10-16-24(23)32/h4-16,25-27,36H,17-19H2,1-3H3,(H,33,38)(H,34,37)/t25-,26-,27+/m0/s1. The molecule has 0 bridgehead atoms. The van der Waals surface area contributed by atoms with Crippen molar-refractivity contribution in [2.24, 2.45) is 0 Å². The molecule has 0 aliphatic carbocycles. The zero-order valence-corrected chi connectivity index (χ0v) is 24.3. The van der Waals surface area contributed by atoms with E-state index < -0.39 is 34.7 Å². The van der Waals surface area contributed by atoms with Crippen molar-refractivity contribution in [2.75, 3.05) is 5.88 Å². The van der Waals surface area contributed by atoms with Crippen LogP contribution in [0.25, 0.3) is 0 Å². The van der Waals surface area contributed by atoms with Crippen LogP contribution in [0.4, 0.5) is 0 Å². The molecule has 3 N–H and O–H groups in total. The van der Waals surface area contributed by atoms with Crippen LogP contribution in [-0.2, 0) is 22.6 Å². The van der Waals surface area contributed by atoms with Crippen LogP contribution < -0.4 is 10.6 Å². The Kier molecular flexibility index (Phi) is 9.56. The molecular weight excluding hydrogens is 546 g/mol. The number of rotatable bonds is 9. The van der Waals surface area contributed by atoms with E-state index in [9.17, 15) is 19.5 Å². The van der Waals surface area contributed by atoms with Crippen LogP contribution in [0, 0.1) is 6.92 Å². The lowest BCUT2D eigenvalue weighted by Crippen LogP contribution is -2.58. The van der Waals surface area contributed by atoms with Gasteiger partial charge in [0.15, 0.2) is 6.10 Å². The number of hydrogen-bond donors (Lipinski definition) is 3. The molecule has 0 radical (unpaired) electrons. The molecule has 1 fully saturated rings. The zero-order valence-electron chi connectivity index (χ0n) is 22.8. The van der Waals surface area contributed by atoms with Crippen LogP contribution in [0.1, 0.15) is 40.9 Å². The third kappa shape index (κ3) is 6.86. The summed E-state index contributed by atoms with van der Waals surface area (Å²) in [7, 11) is 0. The van der Waals surface area contributed by atoms with Crippen molar-refractivity contribution in [3.63, 3.8) is 0 Å². The summed E-state index contributed by atoms with van der Waals surface area (Å²) in [6.45, 7) is 6.14. The van der Waals surface area contributed by atoms with Crippen molar-refractivity contribution in [1.29, 1.82) is 0 Å². The number of hydrogen-bond acceptors (Lipinski definition) is 5. The maximum absolute atomic E-state index is 13.8. The smallest absolute Gasteiger partial charge is 0.254 e. The first-order chi connectivity index (χ1) is 19.1. The molecule has 7 nitrogen and oxygen atoms in total. The zero-order chi connectivity index (χ0) is 28.9. The average Bonchev–Trinajstić information content (AvgIpc) is 3.26. The first kappa shape index (κ1) is 29.6. The summed E-state index contributed by atoms with van der Waals surface area (Å²) in [4.78, 5) is 41.8. The lowest BCUT2D eigenvalue weighted by Gasteiger charge is -2.33. The van der Waals surface area contributed by atoms with Crippen molar-refractivity contribution in [3.8, 4) is 0 Å². The van der Waals surface area contributed by atoms with Gasteiger partial charge in [-0.15, -0.1) is 11.8 Å². The molecule has 40 heavy (non-hydrogen) atoms. The molecule has 1 saturated heterocycles. The highest BCUT2D eigenvalue weighted by Gasteiger charge is 2.49. The van der Waals surface area contributed by atoms with E-state index in [0.29, 0.717) is 6.54 Å². The second-order valence-electron chi connectivity index (χ2n) is 10.4. The summed E-state index contributed by atoms with van der Waals surface area (Å²) in [6, 6.07) is 21.9. The van der Waals surface area contributed by atoms with Crippen molar-refractivity contribution in [2.45, 2.75) is 56.7 Å². The Bertz CT molecular complexity index is 1370. The maximum atomic E-state index is 13.8. The highest BCUT2D eigenvalue weighted by Crippen LogP contribution is 2.40. The summed E-state index contributed by atoms with van der Waals surface area (Å²) in [5, 5.41) is 17.5. The van der Waals surface area contributed by atoms with Crippen LogP contribution in [0.5, 0.6) is 0 Å². The maximum Gasteiger partial charge on any atom is 0.254 e. The molecule has 3 aromatic rings. The van der Waals surface area contributed by atoms with Crippen molar-refractivity contribution in [3.05, 3.63) is 106 Å². The first-order valence-electron chi connectivity index (χ1n) is 13.1. The van der Waals surface area contributed by atoms with E-state index >= 15 is 0 Å². The molecule has 0 saturated carbocycles. The highest BCUT2D eigenvalue weighted by atomic mass is 35.5. The highest BCUT2D eigenvalue weighted by molar-refractivity contribution is 8.00. The van der Waals surface area contributed by atoms with Crippen LogP contribution in [0.2, 0.25) is 5.02 Å². The monoisotopic (exact) mass is 579 g/mol. The summed E-state index contributed by atoms with van der Waals surface area (Å²) >= 11 is 7.70. The summed E-state index contributed by atoms with van der Waals surface area (Å²) < 4.78 is -0.582. The van der Waals surface area contributed by atoms with E-state index in [2.05, 4.69) is 10.6 Å². The number of aliphatic hydroxyl groups is 1. The van der Waals surface area contributed by atoms with Gasteiger partial charge < -0.3 is 20.6 Å². The SMILES string of the molecule is Cc1ccccc1CNC(=O)[C@H]1N(C(=O)[C@@H](O)[C@H](Cc2ccccc2)NC(=O)c2ccccc2Cl)CSC1(C)C. The van der Waals surface area contributed by atoms with Crippen molar-refractivity contribution >= 4 is 41.1 Å². The van der Waals surface area contributed by atoms with Gasteiger partial charge in [-0.1, -0.05) is 78.3 Å². The van der Waals surface area contributed by atoms with Crippen molar-refractivity contribution in [1.82, 2.24) is 15.5 Å². The van der Waals surface area contributed by atoms with Gasteiger partial charge in [-0.25, -0.2) is 0 Å². The predicted octanol–water partition coefficient (Wildman–Crippen LogP) is 4.35. The largest absolute Gasteiger partial charge is 0.381 e. The minimum atomic E-state index is -1.59. The van der Waals surface area contributed by atoms with Crippen LogP contribution >= 0.6 is 23.4 Å². The van der Waals surface area contributed by atoms with Crippen LogP contribution in [-0.4, -0.2) is 56.5 Å². The minimum absolute atomic E-state index is 0.207. The number of aryl methyl sites for hydroxylation is 1. The fraction of sp³-hybridized carbons (Fsp3) is 0.323. The first-order valence-corrected chi connectivity index (χ1v) is 14.5. The molecule has 210 valence electrons. The fourth-order valence-electron chi connectivity index (χ4n) is 4.84. The summed E-state index contributed by atoms with van der Waals surface area (Å²) in [6.07, 6.45) is -1.38. The molecule has 1 aliphatic rings. The molecule has 3 atom stereocenters. The van der Waals surface area contributed by atoms with Gasteiger partial charge in [0, 0.05) is 11.3 Å². The molecule has 9 heteroatoms. The van der Waals surface area contributed by atoms with E-state index in [0.717, 1.165) is 16.7 Å². The molecule has 1 aliphatic heterocycles. The van der Waals surface area contributed by atoms with Gasteiger partial charge in [-0.2, -0.15) is 0 Å². The van der Waals surface area contributed by atoms with Gasteiger partial charge in [-0.05, 0) is 56.0 Å². The van der Waals surface area contributed by atoms with E-state index in [4.69, 9.17) is 11.6 Å². The molecule has 4 rings (SSSR count). The quantitative estimate of drug-likeness (QED) is 0.350. The van der Waals surface area contributed by atoms with Crippen LogP contribution in [0.15, 0.2) is 78.9 Å². The molecule has 0 spiro atoms. The van der Waals surface area contributed by atoms with Gasteiger partial charge in [0.1, 0.15) is 6.04 Å². The normalized spacial score (nSPS) is 17.6. The van der Waals surface area contributed by atoms with E-state index in [1.165, 1.54) is 16.7 Å². The number of benzene rings is 3. The van der Waals surface area contributed by atoms with Crippen LogP contribution in [0.3, 0.4) is 0 Å². The Morgan fingerprint density at radius 1 is 1.02 bits per heavy atom. The van der Waals surface area contributed by atoms with Gasteiger partial charge in [0.2, 0.25) is 5.91 Å². The molecule has 0 unspecified atom stereocenters. The summed E-state index contributed by atoms with van der Waals surface area (Å²) in [5.74, 6) is -1.17. The fourth-order valence-corrected chi connectivity index (χ4v) is 6.21. The Labute approximate surface area is 244 Å². The molecular formula is C31H34ClN3O4S. The topological polar surface area (TPSA) is 98.7 Å². The third-order valence-electron chi connectivity index (χ3n) is 7.16. The van der Waals surface area contributed by atoms with Gasteiger partial charge in [0.25, 0.3) is 11.8 Å². The number of thioether (sulfide) groups is 1. The second-order valence-corrected chi connectivity index (χ2v) is 12.4. The average molecular weight is 580 g/mol. The summed E-state index contributed by atoms with van der Waals surface area (Å²) in [5.41, 5.74) is 3.13. The van der Waals surface area contributed by atoms with E-state index in [-0.39, 0.29) is 28.8 Å². The number of nitrogens with zero attached hydrogens (tertiary/aromatic N) is 1. The lowest BCUT2D eigenvalue weighted by molar-refractivity contribution is -0.147. The Morgan fingerprint density at radius 3 is 2.38 bits per heavy atom. The Balaban J connectivity index is 1.55. The van der Waals surface area contributed by atoms with Gasteiger partial charge in [0.05, 0.1) is 22.5 Å². The Hall–Kier alpha value is -3.33. The van der Waals surface area contributed by atoms with E-state index in [1.807, 2.05) is 75.4 Å². The molecule has 1 heterocycles. The number of amides is 3. The number of aliphatic hydroxyl groups excluding tert-OH is 1. The Morgan fingerprint density at radius 2 is 1.68 bits per heavy atom. The van der Waals surface area contributed by atoms with E-state index in [1.54, 1.807) is 24.3 Å². The predicted molar refractivity (Wildman–Crippen MR) is 159 cm³/mol. The number of nitrogens with one attached hydrogen (secondary N) is 2. The third-order valence-corrected chi connectivity index (χ3v) is 8.86. The molecule has 3 aromatic carbocycles.